The van der Waals surface area contributed by atoms with Crippen molar-refractivity contribution >= 4 is 11.6 Å². The van der Waals surface area contributed by atoms with E-state index in [1.165, 1.54) is 6.07 Å². The van der Waals surface area contributed by atoms with Crippen molar-refractivity contribution in [2.24, 2.45) is 0 Å². The zero-order chi connectivity index (χ0) is 16.1. The number of halogens is 1. The number of hydrogen-bond acceptors (Lipinski definition) is 2. The molecule has 0 saturated heterocycles. The van der Waals surface area contributed by atoms with Crippen molar-refractivity contribution in [3.63, 3.8) is 0 Å². The Morgan fingerprint density at radius 1 is 1.18 bits per heavy atom. The minimum absolute atomic E-state index is 0.0650. The number of amides is 1. The van der Waals surface area contributed by atoms with E-state index in [1.807, 2.05) is 38.1 Å². The number of rotatable bonds is 5. The third kappa shape index (κ3) is 3.85. The second kappa shape index (κ2) is 7.07. The first-order valence-electron chi connectivity index (χ1n) is 7.28. The van der Waals surface area contributed by atoms with Crippen molar-refractivity contribution in [1.29, 1.82) is 0 Å². The third-order valence-corrected chi connectivity index (χ3v) is 3.54. The molecule has 1 amide bonds. The fourth-order valence-corrected chi connectivity index (χ4v) is 2.03. The highest BCUT2D eigenvalue weighted by Crippen LogP contribution is 2.24. The summed E-state index contributed by atoms with van der Waals surface area (Å²) >= 11 is 0. The monoisotopic (exact) mass is 301 g/mol. The van der Waals surface area contributed by atoms with E-state index in [-0.39, 0.29) is 24.1 Å². The normalized spacial score (nSPS) is 10.4. The number of ether oxygens (including phenoxy) is 1. The van der Waals surface area contributed by atoms with Crippen molar-refractivity contribution in [2.45, 2.75) is 33.8 Å². The minimum Gasteiger partial charge on any atom is -0.486 e. The van der Waals surface area contributed by atoms with E-state index in [4.69, 9.17) is 4.74 Å². The Hall–Kier alpha value is -2.36. The number of para-hydroxylation sites is 1. The summed E-state index contributed by atoms with van der Waals surface area (Å²) in [6.45, 7) is 5.76. The molecule has 0 heterocycles. The molecule has 22 heavy (non-hydrogen) atoms. The van der Waals surface area contributed by atoms with Crippen LogP contribution in [0.3, 0.4) is 0 Å². The fraction of sp³-hybridized carbons (Fsp3) is 0.278. The lowest BCUT2D eigenvalue weighted by molar-refractivity contribution is -0.115. The van der Waals surface area contributed by atoms with E-state index in [0.717, 1.165) is 16.7 Å². The molecule has 4 heteroatoms. The topological polar surface area (TPSA) is 38.3 Å². The Morgan fingerprint density at radius 2 is 1.86 bits per heavy atom. The molecule has 0 aliphatic carbocycles. The van der Waals surface area contributed by atoms with Gasteiger partial charge in [0.15, 0.2) is 11.6 Å². The highest BCUT2D eigenvalue weighted by atomic mass is 19.1. The highest BCUT2D eigenvalue weighted by Gasteiger charge is 2.09. The van der Waals surface area contributed by atoms with E-state index < -0.39 is 0 Å². The van der Waals surface area contributed by atoms with Crippen molar-refractivity contribution in [1.82, 2.24) is 0 Å². The molecule has 0 spiro atoms. The molecular formula is C18H20FNO2. The smallest absolute Gasteiger partial charge is 0.224 e. The summed E-state index contributed by atoms with van der Waals surface area (Å²) in [7, 11) is 0. The summed E-state index contributed by atoms with van der Waals surface area (Å²) in [6, 6.07) is 10.5. The Balaban J connectivity index is 2.15. The second-order valence-corrected chi connectivity index (χ2v) is 5.21. The lowest BCUT2D eigenvalue weighted by Crippen LogP contribution is -2.12. The van der Waals surface area contributed by atoms with E-state index in [9.17, 15) is 9.18 Å². The molecule has 2 aromatic rings. The Labute approximate surface area is 130 Å². The first kappa shape index (κ1) is 16.0. The second-order valence-electron chi connectivity index (χ2n) is 5.21. The van der Waals surface area contributed by atoms with E-state index in [1.54, 1.807) is 13.0 Å². The summed E-state index contributed by atoms with van der Waals surface area (Å²) in [5.74, 6) is -0.220. The van der Waals surface area contributed by atoms with Gasteiger partial charge >= 0.3 is 0 Å². The Morgan fingerprint density at radius 3 is 2.59 bits per heavy atom. The number of hydrogen-bond donors (Lipinski definition) is 1. The van der Waals surface area contributed by atoms with Gasteiger partial charge in [0, 0.05) is 17.7 Å². The molecule has 0 aromatic heterocycles. The van der Waals surface area contributed by atoms with Crippen molar-refractivity contribution < 1.29 is 13.9 Å². The maximum atomic E-state index is 13.9. The van der Waals surface area contributed by atoms with Gasteiger partial charge in [-0.05, 0) is 43.2 Å². The molecule has 3 nitrogen and oxygen atoms in total. The van der Waals surface area contributed by atoms with Gasteiger partial charge in [-0.15, -0.1) is 0 Å². The summed E-state index contributed by atoms with van der Waals surface area (Å²) in [4.78, 5) is 11.5. The summed E-state index contributed by atoms with van der Waals surface area (Å²) < 4.78 is 19.5. The van der Waals surface area contributed by atoms with Crippen LogP contribution in [0.2, 0.25) is 0 Å². The average molecular weight is 301 g/mol. The number of aryl methyl sites for hydroxylation is 2. The van der Waals surface area contributed by atoms with Gasteiger partial charge < -0.3 is 10.1 Å². The van der Waals surface area contributed by atoms with Crippen LogP contribution in [0.5, 0.6) is 5.75 Å². The molecule has 0 unspecified atom stereocenters. The predicted molar refractivity (Wildman–Crippen MR) is 85.6 cm³/mol. The van der Waals surface area contributed by atoms with Gasteiger partial charge in [0.25, 0.3) is 0 Å². The molecule has 116 valence electrons. The zero-order valence-corrected chi connectivity index (χ0v) is 13.1. The van der Waals surface area contributed by atoms with Gasteiger partial charge in [-0.3, -0.25) is 4.79 Å². The van der Waals surface area contributed by atoms with Crippen LogP contribution in [0.25, 0.3) is 0 Å². The quantitative estimate of drug-likeness (QED) is 0.890. The third-order valence-electron chi connectivity index (χ3n) is 3.54. The number of carbonyl (C=O) groups excluding carboxylic acids is 1. The minimum atomic E-state index is -0.377. The van der Waals surface area contributed by atoms with Crippen molar-refractivity contribution in [2.75, 3.05) is 5.32 Å². The first-order valence-corrected chi connectivity index (χ1v) is 7.28. The summed E-state index contributed by atoms with van der Waals surface area (Å²) in [5.41, 5.74) is 3.37. The van der Waals surface area contributed by atoms with Crippen LogP contribution in [0.4, 0.5) is 10.1 Å². The fourth-order valence-electron chi connectivity index (χ4n) is 2.03. The van der Waals surface area contributed by atoms with E-state index in [2.05, 4.69) is 5.32 Å². The van der Waals surface area contributed by atoms with Crippen LogP contribution >= 0.6 is 0 Å². The molecule has 0 saturated carbocycles. The summed E-state index contributed by atoms with van der Waals surface area (Å²) in [5, 5.41) is 2.82. The molecule has 2 aromatic carbocycles. The van der Waals surface area contributed by atoms with Crippen LogP contribution < -0.4 is 10.1 Å². The van der Waals surface area contributed by atoms with Gasteiger partial charge in [0.05, 0.1) is 0 Å². The van der Waals surface area contributed by atoms with Gasteiger partial charge in [-0.25, -0.2) is 4.39 Å². The molecule has 2 rings (SSSR count). The molecule has 0 bridgehead atoms. The first-order chi connectivity index (χ1) is 10.5. The van der Waals surface area contributed by atoms with Crippen molar-refractivity contribution in [3.8, 4) is 5.75 Å². The standard InChI is InChI=1S/C18H20FNO2/c1-4-18(21)20-16-8-6-5-7-14(16)11-22-17-10-13(3)12(2)9-15(17)19/h5-10H,4,11H2,1-3H3,(H,20,21). The molecule has 1 N–H and O–H groups in total. The zero-order valence-electron chi connectivity index (χ0n) is 13.1. The maximum Gasteiger partial charge on any atom is 0.224 e. The van der Waals surface area contributed by atoms with E-state index >= 15 is 0 Å². The lowest BCUT2D eigenvalue weighted by Gasteiger charge is -2.13. The SMILES string of the molecule is CCC(=O)Nc1ccccc1COc1cc(C)c(C)cc1F. The van der Waals surface area contributed by atoms with Gasteiger partial charge in [-0.2, -0.15) is 0 Å². The molecular weight excluding hydrogens is 281 g/mol. The number of benzene rings is 2. The summed E-state index contributed by atoms with van der Waals surface area (Å²) in [6.07, 6.45) is 0.404. The molecule has 0 radical (unpaired) electrons. The number of carbonyl (C=O) groups is 1. The molecule has 0 atom stereocenters. The lowest BCUT2D eigenvalue weighted by atomic mass is 10.1. The number of nitrogens with one attached hydrogen (secondary N) is 1. The predicted octanol–water partition coefficient (Wildman–Crippen LogP) is 4.37. The van der Waals surface area contributed by atoms with Crippen LogP contribution in [-0.2, 0) is 11.4 Å². The molecule has 0 aliphatic rings. The Bertz CT molecular complexity index is 683. The molecule has 0 fully saturated rings. The number of anilines is 1. The van der Waals surface area contributed by atoms with Gasteiger partial charge in [0.2, 0.25) is 5.91 Å². The Kier molecular flexibility index (Phi) is 5.15. The van der Waals surface area contributed by atoms with Gasteiger partial charge in [-0.1, -0.05) is 25.1 Å². The van der Waals surface area contributed by atoms with Crippen LogP contribution in [0.15, 0.2) is 36.4 Å². The highest BCUT2D eigenvalue weighted by molar-refractivity contribution is 5.91. The average Bonchev–Trinajstić information content (AvgIpc) is 2.50. The van der Waals surface area contributed by atoms with Gasteiger partial charge in [0.1, 0.15) is 6.61 Å². The maximum absolute atomic E-state index is 13.9. The van der Waals surface area contributed by atoms with Crippen LogP contribution in [-0.4, -0.2) is 5.91 Å². The van der Waals surface area contributed by atoms with Crippen LogP contribution in [0, 0.1) is 19.7 Å². The van der Waals surface area contributed by atoms with E-state index in [0.29, 0.717) is 12.1 Å². The molecule has 0 aliphatic heterocycles. The van der Waals surface area contributed by atoms with Crippen LogP contribution in [0.1, 0.15) is 30.0 Å². The van der Waals surface area contributed by atoms with Crippen molar-refractivity contribution in [3.05, 3.63) is 58.9 Å². The largest absolute Gasteiger partial charge is 0.486 e.